The summed E-state index contributed by atoms with van der Waals surface area (Å²) in [5.41, 5.74) is 0.548. The van der Waals surface area contributed by atoms with Gasteiger partial charge in [0.25, 0.3) is 0 Å². The van der Waals surface area contributed by atoms with Crippen LogP contribution in [0.15, 0.2) is 42.8 Å². The minimum Gasteiger partial charge on any atom is -0.293 e. The maximum absolute atomic E-state index is 12.1. The van der Waals surface area contributed by atoms with Gasteiger partial charge in [0.15, 0.2) is 5.78 Å². The van der Waals surface area contributed by atoms with Gasteiger partial charge >= 0.3 is 0 Å². The van der Waals surface area contributed by atoms with Crippen molar-refractivity contribution in [3.05, 3.63) is 48.5 Å². The summed E-state index contributed by atoms with van der Waals surface area (Å²) < 4.78 is 13.7. The summed E-state index contributed by atoms with van der Waals surface area (Å²) in [6, 6.07) is 8.47. The van der Waals surface area contributed by atoms with Crippen molar-refractivity contribution in [2.75, 3.05) is 5.75 Å². The predicted octanol–water partition coefficient (Wildman–Crippen LogP) is 4.92. The monoisotopic (exact) mass is 440 g/mol. The third-order valence-corrected chi connectivity index (χ3v) is 6.16. The first-order valence-electron chi connectivity index (χ1n) is 5.09. The maximum Gasteiger partial charge on any atom is 0.177 e. The number of thiophene rings is 1. The number of Topliss-reactive ketones (excluding diaryl/α,β-unsaturated/α-hetero) is 1. The molecule has 0 radical (unpaired) electrons. The summed E-state index contributed by atoms with van der Waals surface area (Å²) in [5, 5.41) is 0.512. The second-order valence-corrected chi connectivity index (χ2v) is 9.25. The Bertz CT molecular complexity index is 655. The van der Waals surface area contributed by atoms with Crippen LogP contribution in [0.5, 0.6) is 0 Å². The van der Waals surface area contributed by atoms with E-state index in [2.05, 4.69) is 31.9 Å². The lowest BCUT2D eigenvalue weighted by atomic mass is 10.2. The number of halogens is 3. The van der Waals surface area contributed by atoms with E-state index in [4.69, 9.17) is 11.6 Å². The highest BCUT2D eigenvalue weighted by molar-refractivity contribution is 9.12. The van der Waals surface area contributed by atoms with Crippen LogP contribution >= 0.6 is 54.8 Å². The topological polar surface area (TPSA) is 34.1 Å². The van der Waals surface area contributed by atoms with Crippen LogP contribution in [-0.2, 0) is 10.8 Å². The number of ketones is 1. The van der Waals surface area contributed by atoms with E-state index in [0.29, 0.717) is 15.5 Å². The Labute approximate surface area is 138 Å². The molecule has 2 rings (SSSR count). The Balaban J connectivity index is 2.15. The molecule has 0 aliphatic carbocycles. The normalized spacial score (nSPS) is 12.4. The summed E-state index contributed by atoms with van der Waals surface area (Å²) in [6.45, 7) is 0. The fourth-order valence-corrected chi connectivity index (χ4v) is 5.58. The number of benzene rings is 1. The highest BCUT2D eigenvalue weighted by Crippen LogP contribution is 2.32. The van der Waals surface area contributed by atoms with Gasteiger partial charge in [-0.2, -0.15) is 0 Å². The zero-order valence-corrected chi connectivity index (χ0v) is 14.9. The van der Waals surface area contributed by atoms with Gasteiger partial charge in [-0.05, 0) is 56.1 Å². The Kier molecular flexibility index (Phi) is 5.37. The molecule has 0 saturated heterocycles. The van der Waals surface area contributed by atoms with Crippen LogP contribution in [0.25, 0.3) is 0 Å². The zero-order chi connectivity index (χ0) is 14.0. The van der Waals surface area contributed by atoms with Crippen LogP contribution in [0.1, 0.15) is 10.4 Å². The van der Waals surface area contributed by atoms with Gasteiger partial charge in [0.05, 0.1) is 24.1 Å². The van der Waals surface area contributed by atoms with Crippen molar-refractivity contribution in [1.82, 2.24) is 0 Å². The minimum absolute atomic E-state index is 0.0535. The third-order valence-electron chi connectivity index (χ3n) is 2.28. The Morgan fingerprint density at radius 3 is 2.63 bits per heavy atom. The van der Waals surface area contributed by atoms with E-state index in [1.54, 1.807) is 30.3 Å². The average molecular weight is 443 g/mol. The van der Waals surface area contributed by atoms with Crippen molar-refractivity contribution < 1.29 is 9.00 Å². The lowest BCUT2D eigenvalue weighted by Crippen LogP contribution is -2.10. The van der Waals surface area contributed by atoms with Gasteiger partial charge in [0.1, 0.15) is 0 Å². The molecular weight excluding hydrogens is 436 g/mol. The van der Waals surface area contributed by atoms with Gasteiger partial charge in [-0.15, -0.1) is 11.3 Å². The van der Waals surface area contributed by atoms with E-state index in [9.17, 15) is 9.00 Å². The van der Waals surface area contributed by atoms with E-state index < -0.39 is 10.8 Å². The fraction of sp³-hybridized carbons (Fsp3) is 0.0833. The van der Waals surface area contributed by atoms with Crippen LogP contribution in [0, 0.1) is 0 Å². The molecule has 100 valence electrons. The van der Waals surface area contributed by atoms with Gasteiger partial charge in [-0.25, -0.2) is 0 Å². The standard InChI is InChI=1S/C12H7Br2ClO2S2/c13-11-5-9(12(14)18-11)10(16)6-19(17)8-3-1-2-7(15)4-8/h1-5H,6H2. The summed E-state index contributed by atoms with van der Waals surface area (Å²) in [7, 11) is -1.39. The lowest BCUT2D eigenvalue weighted by molar-refractivity contribution is 0.102. The first kappa shape index (κ1) is 15.4. The summed E-state index contributed by atoms with van der Waals surface area (Å²) >= 11 is 13.9. The SMILES string of the molecule is O=C(CS(=O)c1cccc(Cl)c1)c1cc(Br)sc1Br. The Hall–Kier alpha value is -0.0100. The van der Waals surface area contributed by atoms with Crippen LogP contribution < -0.4 is 0 Å². The minimum atomic E-state index is -1.39. The van der Waals surface area contributed by atoms with Crippen molar-refractivity contribution in [3.63, 3.8) is 0 Å². The van der Waals surface area contributed by atoms with Crippen molar-refractivity contribution >= 4 is 71.4 Å². The van der Waals surface area contributed by atoms with Crippen molar-refractivity contribution in [2.24, 2.45) is 0 Å². The molecule has 1 aromatic carbocycles. The molecule has 1 unspecified atom stereocenters. The van der Waals surface area contributed by atoms with Gasteiger partial charge < -0.3 is 0 Å². The van der Waals surface area contributed by atoms with Crippen LogP contribution in [-0.4, -0.2) is 15.7 Å². The molecule has 7 heteroatoms. The molecule has 0 bridgehead atoms. The van der Waals surface area contributed by atoms with Gasteiger partial charge in [0.2, 0.25) is 0 Å². The molecule has 2 aromatic rings. The van der Waals surface area contributed by atoms with Gasteiger partial charge in [0, 0.05) is 15.5 Å². The number of rotatable bonds is 4. The molecule has 0 aliphatic heterocycles. The molecule has 0 spiro atoms. The molecule has 0 fully saturated rings. The van der Waals surface area contributed by atoms with E-state index in [0.717, 1.165) is 7.57 Å². The number of hydrogen-bond donors (Lipinski definition) is 0. The van der Waals surface area contributed by atoms with E-state index in [1.165, 1.54) is 11.3 Å². The van der Waals surface area contributed by atoms with E-state index >= 15 is 0 Å². The molecule has 19 heavy (non-hydrogen) atoms. The van der Waals surface area contributed by atoms with E-state index in [1.807, 2.05) is 0 Å². The van der Waals surface area contributed by atoms with Crippen LogP contribution in [0.3, 0.4) is 0 Å². The Morgan fingerprint density at radius 2 is 2.05 bits per heavy atom. The van der Waals surface area contributed by atoms with Crippen LogP contribution in [0.2, 0.25) is 5.02 Å². The number of carbonyl (C=O) groups is 1. The summed E-state index contributed by atoms with van der Waals surface area (Å²) in [6.07, 6.45) is 0. The maximum atomic E-state index is 12.1. The first-order chi connectivity index (χ1) is 8.97. The molecule has 2 nitrogen and oxygen atoms in total. The smallest absolute Gasteiger partial charge is 0.177 e. The number of carbonyl (C=O) groups excluding carboxylic acids is 1. The molecule has 0 N–H and O–H groups in total. The predicted molar refractivity (Wildman–Crippen MR) is 86.8 cm³/mol. The molecular formula is C12H7Br2ClO2S2. The molecule has 1 aromatic heterocycles. The zero-order valence-electron chi connectivity index (χ0n) is 9.36. The molecule has 1 atom stereocenters. The molecule has 1 heterocycles. The van der Waals surface area contributed by atoms with E-state index in [-0.39, 0.29) is 11.5 Å². The fourth-order valence-electron chi connectivity index (χ4n) is 1.42. The lowest BCUT2D eigenvalue weighted by Gasteiger charge is -2.02. The molecule has 0 aliphatic rings. The molecule has 0 amide bonds. The van der Waals surface area contributed by atoms with Crippen LogP contribution in [0.4, 0.5) is 0 Å². The summed E-state index contributed by atoms with van der Waals surface area (Å²) in [4.78, 5) is 12.6. The third kappa shape index (κ3) is 3.98. The Morgan fingerprint density at radius 1 is 1.32 bits per heavy atom. The van der Waals surface area contributed by atoms with Crippen molar-refractivity contribution in [3.8, 4) is 0 Å². The quantitative estimate of drug-likeness (QED) is 0.630. The second-order valence-electron chi connectivity index (χ2n) is 3.61. The highest BCUT2D eigenvalue weighted by atomic mass is 79.9. The average Bonchev–Trinajstić information content (AvgIpc) is 2.68. The summed E-state index contributed by atoms with van der Waals surface area (Å²) in [5.74, 6) is -0.214. The molecule has 0 saturated carbocycles. The van der Waals surface area contributed by atoms with Crippen molar-refractivity contribution in [1.29, 1.82) is 0 Å². The number of hydrogen-bond acceptors (Lipinski definition) is 3. The first-order valence-corrected chi connectivity index (χ1v) is 9.19. The largest absolute Gasteiger partial charge is 0.293 e. The van der Waals surface area contributed by atoms with Gasteiger partial charge in [-0.1, -0.05) is 17.7 Å². The highest BCUT2D eigenvalue weighted by Gasteiger charge is 2.17. The van der Waals surface area contributed by atoms with Crippen molar-refractivity contribution in [2.45, 2.75) is 4.90 Å². The second kappa shape index (κ2) is 6.63. The van der Waals surface area contributed by atoms with Gasteiger partial charge in [-0.3, -0.25) is 9.00 Å².